The van der Waals surface area contributed by atoms with Gasteiger partial charge in [-0.15, -0.1) is 11.3 Å². The Morgan fingerprint density at radius 2 is 1.76 bits per heavy atom. The van der Waals surface area contributed by atoms with E-state index in [2.05, 4.69) is 26.2 Å². The summed E-state index contributed by atoms with van der Waals surface area (Å²) in [7, 11) is 0. The van der Waals surface area contributed by atoms with E-state index in [-0.39, 0.29) is 5.82 Å². The van der Waals surface area contributed by atoms with Crippen molar-refractivity contribution < 1.29 is 4.39 Å². The van der Waals surface area contributed by atoms with Crippen LogP contribution in [0.4, 0.5) is 10.1 Å². The van der Waals surface area contributed by atoms with Crippen LogP contribution in [0.2, 0.25) is 5.02 Å². The predicted molar refractivity (Wildman–Crippen MR) is 137 cm³/mol. The van der Waals surface area contributed by atoms with E-state index in [1.807, 2.05) is 30.5 Å². The second kappa shape index (κ2) is 8.86. The van der Waals surface area contributed by atoms with Gasteiger partial charge in [-0.05, 0) is 90.4 Å². The second-order valence-corrected chi connectivity index (χ2v) is 10.6. The molecule has 1 saturated heterocycles. The van der Waals surface area contributed by atoms with Crippen LogP contribution in [-0.4, -0.2) is 42.1 Å². The summed E-state index contributed by atoms with van der Waals surface area (Å²) in [5.74, 6) is 0.432. The molecule has 0 amide bonds. The summed E-state index contributed by atoms with van der Waals surface area (Å²) in [5, 5.41) is 5.18. The summed E-state index contributed by atoms with van der Waals surface area (Å²) in [6.07, 6.45) is 6.69. The maximum atomic E-state index is 13.8. The van der Waals surface area contributed by atoms with E-state index in [1.165, 1.54) is 41.6 Å². The topological polar surface area (TPSA) is 19.4 Å². The van der Waals surface area contributed by atoms with Crippen molar-refractivity contribution in [3.63, 3.8) is 0 Å². The van der Waals surface area contributed by atoms with Crippen LogP contribution in [0.1, 0.15) is 37.2 Å². The fraction of sp³-hybridized carbons (Fsp3) is 0.370. The van der Waals surface area contributed by atoms with E-state index in [1.54, 1.807) is 23.5 Å². The lowest BCUT2D eigenvalue weighted by Crippen LogP contribution is -2.51. The highest BCUT2D eigenvalue weighted by Gasteiger charge is 2.30. The van der Waals surface area contributed by atoms with Crippen molar-refractivity contribution in [2.75, 3.05) is 31.1 Å². The number of hydrogen-bond acceptors (Lipinski definition) is 4. The Bertz CT molecular complexity index is 1290. The van der Waals surface area contributed by atoms with E-state index < -0.39 is 0 Å². The Kier molecular flexibility index (Phi) is 5.73. The zero-order chi connectivity index (χ0) is 22.4. The number of fused-ring (bicyclic) bond motifs is 2. The van der Waals surface area contributed by atoms with Gasteiger partial charge in [0.25, 0.3) is 0 Å². The highest BCUT2D eigenvalue weighted by molar-refractivity contribution is 7.17. The van der Waals surface area contributed by atoms with Gasteiger partial charge in [-0.25, -0.2) is 4.39 Å². The molecule has 3 nitrogen and oxygen atoms in total. The van der Waals surface area contributed by atoms with Gasteiger partial charge in [-0.2, -0.15) is 0 Å². The van der Waals surface area contributed by atoms with Gasteiger partial charge in [-0.3, -0.25) is 9.88 Å². The van der Waals surface area contributed by atoms with Crippen LogP contribution in [0.3, 0.4) is 0 Å². The van der Waals surface area contributed by atoms with Crippen molar-refractivity contribution in [2.45, 2.75) is 37.6 Å². The van der Waals surface area contributed by atoms with Gasteiger partial charge in [0.2, 0.25) is 0 Å². The third-order valence-corrected chi connectivity index (χ3v) is 8.88. The van der Waals surface area contributed by atoms with Gasteiger partial charge >= 0.3 is 0 Å². The molecule has 2 fully saturated rings. The smallest absolute Gasteiger partial charge is 0.123 e. The number of pyridine rings is 1. The maximum absolute atomic E-state index is 13.8. The monoisotopic (exact) mass is 479 g/mol. The molecule has 1 aliphatic heterocycles. The molecule has 0 N–H and O–H groups in total. The minimum Gasteiger partial charge on any atom is -0.367 e. The summed E-state index contributed by atoms with van der Waals surface area (Å²) < 4.78 is 15.0. The number of benzene rings is 2. The van der Waals surface area contributed by atoms with Crippen LogP contribution < -0.4 is 4.90 Å². The predicted octanol–water partition coefficient (Wildman–Crippen LogP) is 7.09. The Morgan fingerprint density at radius 1 is 0.939 bits per heavy atom. The quantitative estimate of drug-likeness (QED) is 0.312. The summed E-state index contributed by atoms with van der Waals surface area (Å²) in [6, 6.07) is 14.0. The Labute approximate surface area is 202 Å². The average molecular weight is 480 g/mol. The van der Waals surface area contributed by atoms with Crippen LogP contribution in [0, 0.1) is 5.82 Å². The van der Waals surface area contributed by atoms with Gasteiger partial charge in [0.15, 0.2) is 0 Å². The summed E-state index contributed by atoms with van der Waals surface area (Å²) >= 11 is 8.15. The molecule has 2 aliphatic rings. The number of piperazine rings is 1. The van der Waals surface area contributed by atoms with Gasteiger partial charge in [-0.1, -0.05) is 11.6 Å². The first-order chi connectivity index (χ1) is 16.2. The molecule has 2 aromatic heterocycles. The van der Waals surface area contributed by atoms with Crippen molar-refractivity contribution in [1.29, 1.82) is 0 Å². The molecular formula is C27H27ClFN3S. The van der Waals surface area contributed by atoms with Crippen LogP contribution in [0.25, 0.3) is 21.0 Å². The number of aromatic nitrogens is 1. The first kappa shape index (κ1) is 21.3. The lowest BCUT2D eigenvalue weighted by atomic mass is 9.81. The lowest BCUT2D eigenvalue weighted by Gasteiger charge is -2.42. The largest absolute Gasteiger partial charge is 0.367 e. The molecule has 1 aliphatic carbocycles. The fourth-order valence-corrected chi connectivity index (χ4v) is 7.03. The van der Waals surface area contributed by atoms with Crippen LogP contribution in [-0.2, 0) is 0 Å². The number of hydrogen-bond donors (Lipinski definition) is 0. The van der Waals surface area contributed by atoms with E-state index in [0.29, 0.717) is 12.0 Å². The first-order valence-corrected chi connectivity index (χ1v) is 13.1. The molecule has 4 aromatic rings. The molecule has 2 aromatic carbocycles. The molecule has 33 heavy (non-hydrogen) atoms. The van der Waals surface area contributed by atoms with Crippen molar-refractivity contribution in [2.24, 2.45) is 0 Å². The van der Waals surface area contributed by atoms with Gasteiger partial charge in [0.05, 0.1) is 16.2 Å². The Hall–Kier alpha value is -2.21. The minimum absolute atomic E-state index is 0.127. The molecule has 0 bridgehead atoms. The normalized spacial score (nSPS) is 22.3. The summed E-state index contributed by atoms with van der Waals surface area (Å²) in [6.45, 7) is 4.20. The zero-order valence-corrected chi connectivity index (χ0v) is 20.1. The fourth-order valence-electron chi connectivity index (χ4n) is 5.80. The standard InChI is InChI=1S/C27H27ClFN3S/c28-24-8-9-25(27-21(24)2-1-11-30-27)32-14-12-31(13-15-32)20-6-3-18(4-7-20)23-17-33-26-10-5-19(29)16-22(23)26/h1-2,5,8-11,16-18,20H,3-4,6-7,12-15H2/t18-,20-. The summed E-state index contributed by atoms with van der Waals surface area (Å²) in [4.78, 5) is 9.77. The highest BCUT2D eigenvalue weighted by Crippen LogP contribution is 2.41. The summed E-state index contributed by atoms with van der Waals surface area (Å²) in [5.41, 5.74) is 3.55. The van der Waals surface area contributed by atoms with Crippen molar-refractivity contribution in [3.8, 4) is 0 Å². The SMILES string of the molecule is Fc1ccc2scc([C@H]3CC[C@H](N4CCN(c5ccc(Cl)c6cccnc56)CC4)CC3)c2c1. The average Bonchev–Trinajstić information content (AvgIpc) is 3.28. The van der Waals surface area contributed by atoms with Gasteiger partial charge < -0.3 is 4.90 Å². The van der Waals surface area contributed by atoms with E-state index in [9.17, 15) is 4.39 Å². The van der Waals surface area contributed by atoms with Gasteiger partial charge in [0.1, 0.15) is 5.82 Å². The Morgan fingerprint density at radius 3 is 2.58 bits per heavy atom. The molecule has 3 heterocycles. The molecule has 0 unspecified atom stereocenters. The number of anilines is 1. The second-order valence-electron chi connectivity index (χ2n) is 9.33. The number of halogens is 2. The van der Waals surface area contributed by atoms with Crippen molar-refractivity contribution in [3.05, 3.63) is 70.4 Å². The molecule has 6 rings (SSSR count). The van der Waals surface area contributed by atoms with E-state index in [0.717, 1.165) is 47.5 Å². The van der Waals surface area contributed by atoms with Crippen LogP contribution >= 0.6 is 22.9 Å². The van der Waals surface area contributed by atoms with Crippen molar-refractivity contribution in [1.82, 2.24) is 9.88 Å². The number of rotatable bonds is 3. The molecule has 1 saturated carbocycles. The third-order valence-electron chi connectivity index (χ3n) is 7.57. The highest BCUT2D eigenvalue weighted by atomic mass is 35.5. The molecule has 170 valence electrons. The number of thiophene rings is 1. The molecule has 6 heteroatoms. The molecular weight excluding hydrogens is 453 g/mol. The maximum Gasteiger partial charge on any atom is 0.123 e. The van der Waals surface area contributed by atoms with E-state index >= 15 is 0 Å². The Balaban J connectivity index is 1.10. The minimum atomic E-state index is -0.127. The van der Waals surface area contributed by atoms with Crippen LogP contribution in [0.15, 0.2) is 54.0 Å². The third kappa shape index (κ3) is 4.01. The van der Waals surface area contributed by atoms with E-state index in [4.69, 9.17) is 11.6 Å². The van der Waals surface area contributed by atoms with Crippen LogP contribution in [0.5, 0.6) is 0 Å². The molecule has 0 spiro atoms. The zero-order valence-electron chi connectivity index (χ0n) is 18.5. The van der Waals surface area contributed by atoms with Gasteiger partial charge in [0, 0.05) is 48.5 Å². The number of nitrogens with zero attached hydrogens (tertiary/aromatic N) is 3. The van der Waals surface area contributed by atoms with Crippen molar-refractivity contribution >= 4 is 49.6 Å². The molecule has 0 radical (unpaired) electrons. The first-order valence-electron chi connectivity index (χ1n) is 11.9. The lowest BCUT2D eigenvalue weighted by molar-refractivity contribution is 0.141. The molecule has 0 atom stereocenters.